The molecule has 0 bridgehead atoms. The summed E-state index contributed by atoms with van der Waals surface area (Å²) < 4.78 is 18.0. The number of likely N-dealkylation sites (tertiary alicyclic amines) is 1. The molecule has 2 fully saturated rings. The van der Waals surface area contributed by atoms with Gasteiger partial charge in [0, 0.05) is 36.5 Å². The predicted molar refractivity (Wildman–Crippen MR) is 189 cm³/mol. The van der Waals surface area contributed by atoms with Gasteiger partial charge in [-0.3, -0.25) is 14.4 Å². The number of fused-ring (bicyclic) bond motifs is 2. The summed E-state index contributed by atoms with van der Waals surface area (Å²) in [6, 6.07) is 3.36. The van der Waals surface area contributed by atoms with E-state index >= 15 is 0 Å². The van der Waals surface area contributed by atoms with E-state index in [4.69, 9.17) is 24.9 Å². The number of carbonyl (C=O) groups is 4. The number of aryl methyl sites for hydroxylation is 1. The SMILES string of the molecule is CCOc1cc(O[C@@H]2C[C@H]3C(=O)N[C@](CC)(C(N)=O)CC/C=C\CCCCC[C@H](NC(=O)N4CCC4)C(=O)N3C2)c2ccc(OC)c(C)c2n1. The van der Waals surface area contributed by atoms with Crippen molar-refractivity contribution in [2.45, 2.75) is 109 Å². The van der Waals surface area contributed by atoms with E-state index in [-0.39, 0.29) is 24.9 Å². The van der Waals surface area contributed by atoms with Crippen LogP contribution >= 0.6 is 0 Å². The number of urea groups is 1. The molecule has 0 radical (unpaired) electrons. The van der Waals surface area contributed by atoms with Gasteiger partial charge in [0.2, 0.25) is 23.6 Å². The first-order valence-electron chi connectivity index (χ1n) is 18.0. The molecule has 5 rings (SSSR count). The van der Waals surface area contributed by atoms with Crippen LogP contribution in [0.2, 0.25) is 0 Å². The molecule has 50 heavy (non-hydrogen) atoms. The van der Waals surface area contributed by atoms with Crippen molar-refractivity contribution < 1.29 is 33.4 Å². The monoisotopic (exact) mass is 692 g/mol. The molecule has 272 valence electrons. The highest BCUT2D eigenvalue weighted by atomic mass is 16.5. The Morgan fingerprint density at radius 3 is 2.54 bits per heavy atom. The lowest BCUT2D eigenvalue weighted by Crippen LogP contribution is -2.62. The van der Waals surface area contributed by atoms with Gasteiger partial charge in [-0.15, -0.1) is 0 Å². The second-order valence-electron chi connectivity index (χ2n) is 13.4. The number of ether oxygens (including phenoxy) is 3. The zero-order chi connectivity index (χ0) is 35.8. The molecule has 2 aromatic rings. The van der Waals surface area contributed by atoms with Gasteiger partial charge in [-0.25, -0.2) is 9.78 Å². The molecule has 4 heterocycles. The molecule has 13 heteroatoms. The standard InChI is InChI=1S/C37H52N6O7/c1-5-37(35(38)46)18-13-11-9-7-8-10-12-15-27(39-36(47)42-19-14-20-42)34(45)43-23-25(21-28(43)33(44)41-37)50-30-22-31(49-6-2)40-32-24(3)29(48-4)17-16-26(30)32/h9,11,16-17,22,25,27-28H,5-8,10,12-15,18-21,23H2,1-4H3,(H2,38,46)(H,39,47)(H,41,44)/b11-9-/t25-,27+,28+,37+/m1/s1. The highest BCUT2D eigenvalue weighted by molar-refractivity contribution is 5.96. The maximum Gasteiger partial charge on any atom is 0.318 e. The smallest absolute Gasteiger partial charge is 0.318 e. The van der Waals surface area contributed by atoms with E-state index in [1.165, 1.54) is 4.90 Å². The van der Waals surface area contributed by atoms with Crippen molar-refractivity contribution in [2.24, 2.45) is 5.73 Å². The average molecular weight is 693 g/mol. The molecule has 3 aliphatic heterocycles. The summed E-state index contributed by atoms with van der Waals surface area (Å²) in [5.74, 6) is 0.0859. The van der Waals surface area contributed by atoms with Crippen molar-refractivity contribution in [1.82, 2.24) is 25.4 Å². The molecule has 5 amide bonds. The summed E-state index contributed by atoms with van der Waals surface area (Å²) in [4.78, 5) is 62.6. The van der Waals surface area contributed by atoms with Crippen LogP contribution in [-0.4, -0.2) is 95.6 Å². The molecular formula is C37H52N6O7. The fourth-order valence-corrected chi connectivity index (χ4v) is 7.03. The van der Waals surface area contributed by atoms with Crippen LogP contribution in [0.5, 0.6) is 17.4 Å². The van der Waals surface area contributed by atoms with Gasteiger partial charge in [-0.2, -0.15) is 0 Å². The van der Waals surface area contributed by atoms with E-state index in [0.717, 1.165) is 43.1 Å². The highest BCUT2D eigenvalue weighted by Crippen LogP contribution is 2.36. The van der Waals surface area contributed by atoms with E-state index < -0.39 is 35.5 Å². The maximum atomic E-state index is 14.5. The zero-order valence-corrected chi connectivity index (χ0v) is 29.8. The Bertz CT molecular complexity index is 1590. The number of nitrogens with zero attached hydrogens (tertiary/aromatic N) is 3. The van der Waals surface area contributed by atoms with Gasteiger partial charge in [0.15, 0.2) is 0 Å². The summed E-state index contributed by atoms with van der Waals surface area (Å²) in [6.45, 7) is 7.38. The summed E-state index contributed by atoms with van der Waals surface area (Å²) in [5.41, 5.74) is 6.12. The van der Waals surface area contributed by atoms with Crippen LogP contribution in [0, 0.1) is 6.92 Å². The Morgan fingerprint density at radius 1 is 1.08 bits per heavy atom. The number of allylic oxidation sites excluding steroid dienone is 2. The van der Waals surface area contributed by atoms with E-state index in [1.54, 1.807) is 18.1 Å². The van der Waals surface area contributed by atoms with Crippen LogP contribution < -0.4 is 30.6 Å². The molecule has 0 spiro atoms. The molecule has 1 aromatic heterocycles. The van der Waals surface area contributed by atoms with Crippen LogP contribution in [-0.2, 0) is 14.4 Å². The molecular weight excluding hydrogens is 640 g/mol. The number of hydrogen-bond donors (Lipinski definition) is 3. The first-order chi connectivity index (χ1) is 24.1. The molecule has 4 N–H and O–H groups in total. The van der Waals surface area contributed by atoms with Gasteiger partial charge >= 0.3 is 6.03 Å². The minimum absolute atomic E-state index is 0.0916. The first-order valence-corrected chi connectivity index (χ1v) is 18.0. The fraction of sp³-hybridized carbons (Fsp3) is 0.595. The quantitative estimate of drug-likeness (QED) is 0.348. The Kier molecular flexibility index (Phi) is 12.1. The number of rotatable bonds is 8. The minimum atomic E-state index is -1.29. The molecule has 3 aliphatic rings. The fourth-order valence-electron chi connectivity index (χ4n) is 7.03. The molecule has 13 nitrogen and oxygen atoms in total. The number of benzene rings is 1. The number of aromatic nitrogens is 1. The lowest BCUT2D eigenvalue weighted by molar-refractivity contribution is -0.142. The van der Waals surface area contributed by atoms with Crippen molar-refractivity contribution in [1.29, 1.82) is 0 Å². The normalized spacial score (nSPS) is 25.6. The van der Waals surface area contributed by atoms with Gasteiger partial charge in [0.1, 0.15) is 35.2 Å². The zero-order valence-electron chi connectivity index (χ0n) is 29.8. The van der Waals surface area contributed by atoms with Gasteiger partial charge in [-0.05, 0) is 70.9 Å². The Morgan fingerprint density at radius 2 is 1.86 bits per heavy atom. The topological polar surface area (TPSA) is 165 Å². The van der Waals surface area contributed by atoms with Crippen molar-refractivity contribution in [3.63, 3.8) is 0 Å². The number of nitrogens with one attached hydrogen (secondary N) is 2. The Hall–Kier alpha value is -4.55. The van der Waals surface area contributed by atoms with Crippen LogP contribution in [0.25, 0.3) is 10.9 Å². The molecule has 2 saturated heterocycles. The van der Waals surface area contributed by atoms with Gasteiger partial charge in [0.25, 0.3) is 0 Å². The highest BCUT2D eigenvalue weighted by Gasteiger charge is 2.46. The average Bonchev–Trinajstić information content (AvgIpc) is 3.49. The van der Waals surface area contributed by atoms with Gasteiger partial charge in [0.05, 0.1) is 25.8 Å². The number of primary amides is 1. The molecule has 1 aromatic carbocycles. The predicted octanol–water partition coefficient (Wildman–Crippen LogP) is 4.13. The third kappa shape index (κ3) is 8.08. The number of amides is 5. The summed E-state index contributed by atoms with van der Waals surface area (Å²) in [7, 11) is 1.60. The van der Waals surface area contributed by atoms with E-state index in [2.05, 4.69) is 16.7 Å². The number of nitrogens with two attached hydrogens (primary N) is 1. The second-order valence-corrected chi connectivity index (χ2v) is 13.4. The van der Waals surface area contributed by atoms with Crippen LogP contribution in [0.3, 0.4) is 0 Å². The van der Waals surface area contributed by atoms with Crippen LogP contribution in [0.4, 0.5) is 4.79 Å². The third-order valence-corrected chi connectivity index (χ3v) is 10.2. The number of methoxy groups -OCH3 is 1. The minimum Gasteiger partial charge on any atom is -0.496 e. The summed E-state index contributed by atoms with van der Waals surface area (Å²) in [6.07, 6.45) is 9.64. The number of hydrogen-bond acceptors (Lipinski definition) is 8. The van der Waals surface area contributed by atoms with Crippen molar-refractivity contribution >= 4 is 34.7 Å². The third-order valence-electron chi connectivity index (χ3n) is 10.2. The number of pyridine rings is 1. The lowest BCUT2D eigenvalue weighted by Gasteiger charge is -2.35. The molecule has 0 unspecified atom stereocenters. The van der Waals surface area contributed by atoms with Crippen molar-refractivity contribution in [3.05, 3.63) is 35.9 Å². The lowest BCUT2D eigenvalue weighted by atomic mass is 9.88. The molecule has 0 aliphatic carbocycles. The largest absolute Gasteiger partial charge is 0.496 e. The van der Waals surface area contributed by atoms with E-state index in [9.17, 15) is 19.2 Å². The maximum absolute atomic E-state index is 14.5. The van der Waals surface area contributed by atoms with Crippen LogP contribution in [0.1, 0.15) is 83.6 Å². The van der Waals surface area contributed by atoms with Gasteiger partial charge < -0.3 is 40.4 Å². The Labute approximate surface area is 294 Å². The van der Waals surface area contributed by atoms with Crippen molar-refractivity contribution in [3.8, 4) is 17.4 Å². The van der Waals surface area contributed by atoms with Crippen molar-refractivity contribution in [2.75, 3.05) is 33.4 Å². The molecule has 4 atom stereocenters. The Balaban J connectivity index is 1.50. The number of carbonyl (C=O) groups excluding carboxylic acids is 4. The molecule has 0 saturated carbocycles. The summed E-state index contributed by atoms with van der Waals surface area (Å²) in [5, 5.41) is 6.67. The van der Waals surface area contributed by atoms with Gasteiger partial charge in [-0.1, -0.05) is 31.9 Å². The van der Waals surface area contributed by atoms with E-state index in [1.807, 2.05) is 39.0 Å². The van der Waals surface area contributed by atoms with Crippen LogP contribution in [0.15, 0.2) is 30.4 Å². The summed E-state index contributed by atoms with van der Waals surface area (Å²) >= 11 is 0. The second kappa shape index (κ2) is 16.4. The van der Waals surface area contributed by atoms with E-state index in [0.29, 0.717) is 68.3 Å². The first kappa shape index (κ1) is 36.7.